The monoisotopic (exact) mass is 289 g/mol. The van der Waals surface area contributed by atoms with Crippen molar-refractivity contribution in [2.45, 2.75) is 52.6 Å². The minimum absolute atomic E-state index is 0.326. The summed E-state index contributed by atoms with van der Waals surface area (Å²) < 4.78 is 0. The zero-order valence-electron chi connectivity index (χ0n) is 13.9. The van der Waals surface area contributed by atoms with Gasteiger partial charge in [-0.05, 0) is 55.7 Å². The Morgan fingerprint density at radius 3 is 2.52 bits per heavy atom. The molecule has 2 rings (SSSR count). The van der Waals surface area contributed by atoms with Gasteiger partial charge in [-0.25, -0.2) is 0 Å². The maximum absolute atomic E-state index is 10.3. The fourth-order valence-corrected chi connectivity index (χ4v) is 3.39. The number of benzene rings is 1. The standard InChI is InChI=1S/C19H31NO/c1-19(2,3)17-10-7-13-20(14-11-17)15-12-18(21)16-8-5-4-6-9-16/h4-6,8-9,17-18,21H,7,10-15H2,1-3H3/t17-,18-/m1/s1. The van der Waals surface area contributed by atoms with Crippen LogP contribution in [0.3, 0.4) is 0 Å². The van der Waals surface area contributed by atoms with Gasteiger partial charge >= 0.3 is 0 Å². The fraction of sp³-hybridized carbons (Fsp3) is 0.684. The van der Waals surface area contributed by atoms with Gasteiger partial charge in [-0.3, -0.25) is 0 Å². The summed E-state index contributed by atoms with van der Waals surface area (Å²) in [6.07, 6.45) is 4.45. The highest BCUT2D eigenvalue weighted by Gasteiger charge is 2.27. The molecule has 1 fully saturated rings. The van der Waals surface area contributed by atoms with Gasteiger partial charge in [-0.1, -0.05) is 51.1 Å². The second kappa shape index (κ2) is 7.42. The minimum Gasteiger partial charge on any atom is -0.388 e. The van der Waals surface area contributed by atoms with E-state index >= 15 is 0 Å². The molecule has 21 heavy (non-hydrogen) atoms. The third-order valence-electron chi connectivity index (χ3n) is 4.95. The quantitative estimate of drug-likeness (QED) is 0.895. The van der Waals surface area contributed by atoms with Crippen molar-refractivity contribution in [1.29, 1.82) is 0 Å². The summed E-state index contributed by atoms with van der Waals surface area (Å²) in [6.45, 7) is 10.5. The van der Waals surface area contributed by atoms with Crippen molar-refractivity contribution in [2.24, 2.45) is 11.3 Å². The van der Waals surface area contributed by atoms with Crippen LogP contribution in [0.5, 0.6) is 0 Å². The lowest BCUT2D eigenvalue weighted by Crippen LogP contribution is -2.28. The summed E-state index contributed by atoms with van der Waals surface area (Å²) in [5, 5.41) is 10.3. The molecule has 0 bridgehead atoms. The van der Waals surface area contributed by atoms with E-state index in [1.54, 1.807) is 0 Å². The maximum atomic E-state index is 10.3. The van der Waals surface area contributed by atoms with E-state index < -0.39 is 0 Å². The molecule has 1 saturated heterocycles. The van der Waals surface area contributed by atoms with Crippen molar-refractivity contribution in [3.63, 3.8) is 0 Å². The zero-order valence-corrected chi connectivity index (χ0v) is 13.9. The molecule has 0 radical (unpaired) electrons. The second-order valence-corrected chi connectivity index (χ2v) is 7.55. The van der Waals surface area contributed by atoms with Crippen LogP contribution in [0.4, 0.5) is 0 Å². The molecule has 2 nitrogen and oxygen atoms in total. The number of hydrogen-bond acceptors (Lipinski definition) is 2. The van der Waals surface area contributed by atoms with E-state index in [1.165, 1.54) is 32.4 Å². The summed E-state index contributed by atoms with van der Waals surface area (Å²) >= 11 is 0. The molecule has 2 heteroatoms. The number of likely N-dealkylation sites (tertiary alicyclic amines) is 1. The van der Waals surface area contributed by atoms with Crippen LogP contribution in [0.1, 0.15) is 58.1 Å². The molecule has 1 aliphatic heterocycles. The van der Waals surface area contributed by atoms with Crippen LogP contribution in [0, 0.1) is 11.3 Å². The lowest BCUT2D eigenvalue weighted by Gasteiger charge is -2.30. The first-order chi connectivity index (χ1) is 9.97. The highest BCUT2D eigenvalue weighted by atomic mass is 16.3. The molecule has 1 aromatic rings. The molecule has 0 aromatic heterocycles. The highest BCUT2D eigenvalue weighted by molar-refractivity contribution is 5.17. The summed E-state index contributed by atoms with van der Waals surface area (Å²) in [5.74, 6) is 0.835. The molecule has 118 valence electrons. The first kappa shape index (κ1) is 16.5. The lowest BCUT2D eigenvalue weighted by molar-refractivity contribution is 0.141. The molecule has 0 saturated carbocycles. The van der Waals surface area contributed by atoms with E-state index in [0.717, 1.165) is 24.4 Å². The Morgan fingerprint density at radius 2 is 1.86 bits per heavy atom. The van der Waals surface area contributed by atoms with E-state index in [9.17, 15) is 5.11 Å². The van der Waals surface area contributed by atoms with E-state index in [4.69, 9.17) is 0 Å². The summed E-state index contributed by atoms with van der Waals surface area (Å²) in [6, 6.07) is 10.0. The van der Waals surface area contributed by atoms with Crippen molar-refractivity contribution in [3.05, 3.63) is 35.9 Å². The number of hydrogen-bond donors (Lipinski definition) is 1. The van der Waals surface area contributed by atoms with Gasteiger partial charge in [-0.15, -0.1) is 0 Å². The fourth-order valence-electron chi connectivity index (χ4n) is 3.39. The second-order valence-electron chi connectivity index (χ2n) is 7.55. The van der Waals surface area contributed by atoms with Crippen LogP contribution >= 0.6 is 0 Å². The van der Waals surface area contributed by atoms with Crippen molar-refractivity contribution >= 4 is 0 Å². The van der Waals surface area contributed by atoms with Gasteiger partial charge in [0.2, 0.25) is 0 Å². The predicted octanol–water partition coefficient (Wildman–Crippen LogP) is 4.26. The van der Waals surface area contributed by atoms with Gasteiger partial charge < -0.3 is 10.0 Å². The number of rotatable bonds is 4. The van der Waals surface area contributed by atoms with Gasteiger partial charge in [0.1, 0.15) is 0 Å². The van der Waals surface area contributed by atoms with Crippen molar-refractivity contribution in [2.75, 3.05) is 19.6 Å². The Balaban J connectivity index is 1.79. The SMILES string of the molecule is CC(C)(C)[C@@H]1CCCN(CC[C@@H](O)c2ccccc2)CC1. The number of aliphatic hydroxyl groups excluding tert-OH is 1. The van der Waals surface area contributed by atoms with E-state index in [2.05, 4.69) is 25.7 Å². The Kier molecular flexibility index (Phi) is 5.83. The molecular formula is C19H31NO. The summed E-state index contributed by atoms with van der Waals surface area (Å²) in [4.78, 5) is 2.54. The Labute approximate surface area is 130 Å². The third-order valence-corrected chi connectivity index (χ3v) is 4.95. The van der Waals surface area contributed by atoms with Crippen molar-refractivity contribution < 1.29 is 5.11 Å². The molecule has 1 aromatic carbocycles. The third kappa shape index (κ3) is 5.12. The van der Waals surface area contributed by atoms with Gasteiger partial charge in [0.05, 0.1) is 6.10 Å². The minimum atomic E-state index is -0.326. The highest BCUT2D eigenvalue weighted by Crippen LogP contribution is 2.34. The van der Waals surface area contributed by atoms with Crippen molar-refractivity contribution in [1.82, 2.24) is 4.90 Å². The number of aliphatic hydroxyl groups is 1. The first-order valence-electron chi connectivity index (χ1n) is 8.42. The van der Waals surface area contributed by atoms with Gasteiger partial charge in [-0.2, -0.15) is 0 Å². The topological polar surface area (TPSA) is 23.5 Å². The maximum Gasteiger partial charge on any atom is 0.0802 e. The summed E-state index contributed by atoms with van der Waals surface area (Å²) in [5.41, 5.74) is 1.47. The van der Waals surface area contributed by atoms with Crippen LogP contribution in [-0.4, -0.2) is 29.6 Å². The van der Waals surface area contributed by atoms with Gasteiger partial charge in [0.25, 0.3) is 0 Å². The number of nitrogens with zero attached hydrogens (tertiary/aromatic N) is 1. The molecular weight excluding hydrogens is 258 g/mol. The molecule has 1 N–H and O–H groups in total. The predicted molar refractivity (Wildman–Crippen MR) is 89.3 cm³/mol. The Morgan fingerprint density at radius 1 is 1.14 bits per heavy atom. The van der Waals surface area contributed by atoms with Crippen molar-refractivity contribution in [3.8, 4) is 0 Å². The van der Waals surface area contributed by atoms with Gasteiger partial charge in [0, 0.05) is 6.54 Å². The largest absolute Gasteiger partial charge is 0.388 e. The molecule has 0 spiro atoms. The van der Waals surface area contributed by atoms with E-state index in [-0.39, 0.29) is 6.10 Å². The molecule has 1 aliphatic rings. The average Bonchev–Trinajstić information content (AvgIpc) is 2.71. The van der Waals surface area contributed by atoms with E-state index in [0.29, 0.717) is 5.41 Å². The lowest BCUT2D eigenvalue weighted by atomic mass is 9.77. The normalized spacial score (nSPS) is 22.8. The Hall–Kier alpha value is -0.860. The van der Waals surface area contributed by atoms with Crippen LogP contribution in [0.25, 0.3) is 0 Å². The molecule has 1 heterocycles. The van der Waals surface area contributed by atoms with Crippen LogP contribution < -0.4 is 0 Å². The molecule has 0 unspecified atom stereocenters. The smallest absolute Gasteiger partial charge is 0.0802 e. The van der Waals surface area contributed by atoms with Crippen LogP contribution in [-0.2, 0) is 0 Å². The van der Waals surface area contributed by atoms with Gasteiger partial charge in [0.15, 0.2) is 0 Å². The average molecular weight is 289 g/mol. The molecule has 2 atom stereocenters. The van der Waals surface area contributed by atoms with Crippen LogP contribution in [0.15, 0.2) is 30.3 Å². The molecule has 0 amide bonds. The summed E-state index contributed by atoms with van der Waals surface area (Å²) in [7, 11) is 0. The Bertz CT molecular complexity index is 409. The zero-order chi connectivity index (χ0) is 15.3. The molecule has 0 aliphatic carbocycles. The van der Waals surface area contributed by atoms with Crippen LogP contribution in [0.2, 0.25) is 0 Å². The van der Waals surface area contributed by atoms with E-state index in [1.807, 2.05) is 30.3 Å². The first-order valence-corrected chi connectivity index (χ1v) is 8.42.